The van der Waals surface area contributed by atoms with Gasteiger partial charge in [0.05, 0.1) is 10.8 Å². The van der Waals surface area contributed by atoms with Crippen molar-refractivity contribution in [3.05, 3.63) is 0 Å². The molecule has 4 fully saturated rings. The van der Waals surface area contributed by atoms with Crippen LogP contribution in [0.1, 0.15) is 96.8 Å². The molecule has 0 saturated heterocycles. The predicted octanol–water partition coefficient (Wildman–Crippen LogP) is 7.09. The molecule has 2 spiro atoms. The molecule has 1 unspecified atom stereocenters. The second kappa shape index (κ2) is 6.69. The van der Waals surface area contributed by atoms with E-state index in [4.69, 9.17) is 23.2 Å². The maximum absolute atomic E-state index is 13.7. The van der Waals surface area contributed by atoms with Crippen molar-refractivity contribution in [3.63, 3.8) is 0 Å². The topological polar surface area (TPSA) is 17.1 Å². The van der Waals surface area contributed by atoms with Crippen molar-refractivity contribution >= 4 is 29.0 Å². The summed E-state index contributed by atoms with van der Waals surface area (Å²) in [5.74, 6) is 2.49. The Morgan fingerprint density at radius 1 is 0.880 bits per heavy atom. The van der Waals surface area contributed by atoms with E-state index in [1.54, 1.807) is 0 Å². The van der Waals surface area contributed by atoms with Crippen LogP contribution >= 0.6 is 23.2 Å². The van der Waals surface area contributed by atoms with Crippen LogP contribution in [0.2, 0.25) is 0 Å². The lowest BCUT2D eigenvalue weighted by Crippen LogP contribution is -2.77. The molecule has 4 saturated carbocycles. The van der Waals surface area contributed by atoms with Crippen LogP contribution in [0.15, 0.2) is 0 Å². The first-order valence-electron chi connectivity index (χ1n) is 10.9. The van der Waals surface area contributed by atoms with Crippen LogP contribution < -0.4 is 0 Å². The normalized spacial score (nSPS) is 43.2. The van der Waals surface area contributed by atoms with Gasteiger partial charge in [-0.25, -0.2) is 0 Å². The Labute approximate surface area is 163 Å². The smallest absolute Gasteiger partial charge is 0.151 e. The SMILES string of the molecule is CCC1CCC(C2CCCC[C@@]23C(=O)C2(CCCCC2)C3(Cl)Cl)CC1. The van der Waals surface area contributed by atoms with E-state index in [-0.39, 0.29) is 0 Å². The number of ketones is 1. The second-order valence-electron chi connectivity index (χ2n) is 9.56. The molecule has 2 atom stereocenters. The molecule has 0 N–H and O–H groups in total. The van der Waals surface area contributed by atoms with Gasteiger partial charge in [-0.05, 0) is 56.3 Å². The summed E-state index contributed by atoms with van der Waals surface area (Å²) in [7, 11) is 0. The van der Waals surface area contributed by atoms with Gasteiger partial charge in [0.1, 0.15) is 4.33 Å². The number of rotatable bonds is 2. The largest absolute Gasteiger partial charge is 0.298 e. The Balaban J connectivity index is 1.61. The molecule has 0 radical (unpaired) electrons. The molecule has 142 valence electrons. The van der Waals surface area contributed by atoms with Crippen molar-refractivity contribution in [1.82, 2.24) is 0 Å². The Morgan fingerprint density at radius 2 is 1.52 bits per heavy atom. The maximum atomic E-state index is 13.7. The van der Waals surface area contributed by atoms with Crippen molar-refractivity contribution in [1.29, 1.82) is 0 Å². The number of halogens is 2. The van der Waals surface area contributed by atoms with Crippen molar-refractivity contribution in [2.45, 2.75) is 101 Å². The summed E-state index contributed by atoms with van der Waals surface area (Å²) < 4.78 is -0.815. The Hall–Kier alpha value is 0.250. The van der Waals surface area contributed by atoms with Crippen molar-refractivity contribution in [2.24, 2.45) is 28.6 Å². The van der Waals surface area contributed by atoms with Gasteiger partial charge in [-0.2, -0.15) is 0 Å². The van der Waals surface area contributed by atoms with Gasteiger partial charge in [0.15, 0.2) is 5.78 Å². The fraction of sp³-hybridized carbons (Fsp3) is 0.955. The molecule has 0 aliphatic heterocycles. The average Bonchev–Trinajstić information content (AvgIpc) is 2.67. The van der Waals surface area contributed by atoms with E-state index in [0.29, 0.717) is 17.6 Å². The van der Waals surface area contributed by atoms with E-state index >= 15 is 0 Å². The van der Waals surface area contributed by atoms with E-state index in [9.17, 15) is 4.79 Å². The van der Waals surface area contributed by atoms with Gasteiger partial charge in [0, 0.05) is 0 Å². The number of hydrogen-bond acceptors (Lipinski definition) is 1. The molecule has 0 bridgehead atoms. The Morgan fingerprint density at radius 3 is 2.12 bits per heavy atom. The molecule has 0 heterocycles. The highest BCUT2D eigenvalue weighted by Gasteiger charge is 2.81. The standard InChI is InChI=1S/C22H34Cl2O/c1-2-16-9-11-17(12-10-16)18-8-4-7-15-21(18)19(25)20(22(21,23)24)13-5-3-6-14-20/h16-18H,2-15H2,1H3/t16?,17?,18?,21-/m0/s1. The molecule has 0 aromatic rings. The van der Waals surface area contributed by atoms with Gasteiger partial charge in [0.2, 0.25) is 0 Å². The van der Waals surface area contributed by atoms with E-state index in [0.717, 1.165) is 44.4 Å². The predicted molar refractivity (Wildman–Crippen MR) is 105 cm³/mol. The minimum absolute atomic E-state index is 0.412. The average molecular weight is 385 g/mol. The van der Waals surface area contributed by atoms with Gasteiger partial charge >= 0.3 is 0 Å². The number of carbonyl (C=O) groups is 1. The highest BCUT2D eigenvalue weighted by atomic mass is 35.5. The molecule has 4 aliphatic carbocycles. The van der Waals surface area contributed by atoms with Crippen molar-refractivity contribution < 1.29 is 4.79 Å². The first kappa shape index (κ1) is 18.6. The fourth-order valence-electron chi connectivity index (χ4n) is 7.28. The van der Waals surface area contributed by atoms with E-state index in [1.807, 2.05) is 0 Å². The van der Waals surface area contributed by atoms with Crippen LogP contribution in [0.5, 0.6) is 0 Å². The van der Waals surface area contributed by atoms with E-state index in [2.05, 4.69) is 6.92 Å². The molecule has 4 aliphatic rings. The molecule has 0 aromatic heterocycles. The van der Waals surface area contributed by atoms with Crippen molar-refractivity contribution in [2.75, 3.05) is 0 Å². The minimum atomic E-state index is -0.815. The molecular weight excluding hydrogens is 351 g/mol. The summed E-state index contributed by atoms with van der Waals surface area (Å²) in [6.07, 6.45) is 16.4. The summed E-state index contributed by atoms with van der Waals surface area (Å²) in [4.78, 5) is 13.7. The first-order valence-corrected chi connectivity index (χ1v) is 11.7. The molecule has 4 rings (SSSR count). The van der Waals surface area contributed by atoms with Crippen molar-refractivity contribution in [3.8, 4) is 0 Å². The highest BCUT2D eigenvalue weighted by molar-refractivity contribution is 6.55. The van der Waals surface area contributed by atoms with Crippen LogP contribution in [-0.4, -0.2) is 10.1 Å². The molecular formula is C22H34Cl2O. The lowest BCUT2D eigenvalue weighted by molar-refractivity contribution is -0.182. The third-order valence-corrected chi connectivity index (χ3v) is 10.1. The number of alkyl halides is 2. The molecule has 1 nitrogen and oxygen atoms in total. The van der Waals surface area contributed by atoms with E-state index < -0.39 is 15.2 Å². The third-order valence-electron chi connectivity index (χ3n) is 8.72. The van der Waals surface area contributed by atoms with Gasteiger partial charge in [-0.15, -0.1) is 0 Å². The number of Topliss-reactive ketones (excluding diaryl/α,β-unsaturated/α-hetero) is 1. The lowest BCUT2D eigenvalue weighted by atomic mass is 9.39. The maximum Gasteiger partial charge on any atom is 0.151 e. The summed E-state index contributed by atoms with van der Waals surface area (Å²) in [6.45, 7) is 2.32. The molecule has 0 amide bonds. The zero-order valence-corrected chi connectivity index (χ0v) is 17.3. The molecule has 0 aromatic carbocycles. The summed E-state index contributed by atoms with van der Waals surface area (Å²) in [6, 6.07) is 0. The molecule has 25 heavy (non-hydrogen) atoms. The van der Waals surface area contributed by atoms with Crippen LogP contribution in [-0.2, 0) is 4.79 Å². The third kappa shape index (κ3) is 2.43. The van der Waals surface area contributed by atoms with Gasteiger partial charge in [0.25, 0.3) is 0 Å². The Bertz CT molecular complexity index is 514. The summed E-state index contributed by atoms with van der Waals surface area (Å²) >= 11 is 14.4. The van der Waals surface area contributed by atoms with Crippen LogP contribution in [0, 0.1) is 28.6 Å². The number of carbonyl (C=O) groups excluding carboxylic acids is 1. The van der Waals surface area contributed by atoms with Gasteiger partial charge in [-0.1, -0.05) is 81.5 Å². The van der Waals surface area contributed by atoms with Crippen LogP contribution in [0.4, 0.5) is 0 Å². The zero-order valence-electron chi connectivity index (χ0n) is 15.8. The van der Waals surface area contributed by atoms with Crippen LogP contribution in [0.3, 0.4) is 0 Å². The molecule has 3 heteroatoms. The second-order valence-corrected chi connectivity index (χ2v) is 10.9. The minimum Gasteiger partial charge on any atom is -0.298 e. The number of hydrogen-bond donors (Lipinski definition) is 0. The van der Waals surface area contributed by atoms with E-state index in [1.165, 1.54) is 51.4 Å². The Kier molecular flexibility index (Phi) is 4.98. The lowest BCUT2D eigenvalue weighted by Gasteiger charge is -2.69. The monoisotopic (exact) mass is 384 g/mol. The fourth-order valence-corrected chi connectivity index (χ4v) is 8.47. The highest BCUT2D eigenvalue weighted by Crippen LogP contribution is 2.76. The first-order chi connectivity index (χ1) is 12.0. The zero-order chi connectivity index (χ0) is 17.7. The van der Waals surface area contributed by atoms with Gasteiger partial charge < -0.3 is 0 Å². The summed E-state index contributed by atoms with van der Waals surface area (Å²) in [5, 5.41) is 0. The van der Waals surface area contributed by atoms with Crippen LogP contribution in [0.25, 0.3) is 0 Å². The van der Waals surface area contributed by atoms with Gasteiger partial charge in [-0.3, -0.25) is 4.79 Å². The quantitative estimate of drug-likeness (QED) is 0.464. The summed E-state index contributed by atoms with van der Waals surface area (Å²) in [5.41, 5.74) is -0.833.